The van der Waals surface area contributed by atoms with Gasteiger partial charge in [0.15, 0.2) is 11.5 Å². The number of thioether (sulfide) groups is 1. The van der Waals surface area contributed by atoms with Crippen LogP contribution in [0, 0.1) is 0 Å². The second kappa shape index (κ2) is 9.21. The number of carbonyl (C=O) groups is 3. The highest BCUT2D eigenvalue weighted by Crippen LogP contribution is 2.35. The molecule has 0 radical (unpaired) electrons. The number of benzene rings is 2. The first-order valence-electron chi connectivity index (χ1n) is 9.29. The molecule has 3 amide bonds. The quantitative estimate of drug-likeness (QED) is 0.654. The molecule has 160 valence electrons. The van der Waals surface area contributed by atoms with Crippen molar-refractivity contribution in [1.82, 2.24) is 10.2 Å². The number of imide groups is 1. The van der Waals surface area contributed by atoms with Crippen molar-refractivity contribution in [2.75, 3.05) is 19.7 Å². The highest BCUT2D eigenvalue weighted by Gasteiger charge is 2.35. The molecule has 0 aliphatic carbocycles. The molecule has 0 spiro atoms. The summed E-state index contributed by atoms with van der Waals surface area (Å²) in [6, 6.07) is 12.1. The molecule has 0 aromatic heterocycles. The number of rotatable bonds is 5. The molecule has 10 heteroatoms. The Balaban J connectivity index is 1.33. The van der Waals surface area contributed by atoms with Crippen LogP contribution in [0.3, 0.4) is 0 Å². The smallest absolute Gasteiger partial charge is 0.293 e. The van der Waals surface area contributed by atoms with Gasteiger partial charge in [-0.25, -0.2) is 0 Å². The molecular weight excluding hydrogens is 463 g/mol. The fourth-order valence-corrected chi connectivity index (χ4v) is 4.24. The zero-order valence-electron chi connectivity index (χ0n) is 16.0. The lowest BCUT2D eigenvalue weighted by molar-refractivity contribution is -0.131. The number of para-hydroxylation sites is 2. The van der Waals surface area contributed by atoms with Gasteiger partial charge >= 0.3 is 0 Å². The number of nitrogens with zero attached hydrogens (tertiary/aromatic N) is 1. The molecule has 0 bridgehead atoms. The average Bonchev–Trinajstić information content (AvgIpc) is 3.03. The number of halogens is 2. The Labute approximate surface area is 192 Å². The first-order valence-corrected chi connectivity index (χ1v) is 10.9. The summed E-state index contributed by atoms with van der Waals surface area (Å²) in [6.45, 7) is 0.193. The van der Waals surface area contributed by atoms with E-state index in [4.69, 9.17) is 32.7 Å². The molecule has 2 aliphatic rings. The summed E-state index contributed by atoms with van der Waals surface area (Å²) in [7, 11) is 0. The molecule has 2 aromatic rings. The zero-order valence-corrected chi connectivity index (χ0v) is 18.3. The predicted octanol–water partition coefficient (Wildman–Crippen LogP) is 3.99. The maximum absolute atomic E-state index is 12.6. The number of fused-ring (bicyclic) bond motifs is 1. The molecule has 2 aliphatic heterocycles. The van der Waals surface area contributed by atoms with Gasteiger partial charge in [0.25, 0.3) is 17.1 Å². The minimum absolute atomic E-state index is 0.0290. The van der Waals surface area contributed by atoms with Gasteiger partial charge < -0.3 is 14.8 Å². The summed E-state index contributed by atoms with van der Waals surface area (Å²) < 4.78 is 11.2. The maximum Gasteiger partial charge on any atom is 0.293 e. The molecule has 1 fully saturated rings. The molecule has 1 saturated heterocycles. The molecule has 0 saturated carbocycles. The molecular formula is C21H16Cl2N2O5S. The Morgan fingerprint density at radius 1 is 1.16 bits per heavy atom. The normalized spacial score (nSPS) is 19.1. The summed E-state index contributed by atoms with van der Waals surface area (Å²) in [4.78, 5) is 38.6. The number of carbonyl (C=O) groups excluding carboxylic acids is 3. The topological polar surface area (TPSA) is 84.9 Å². The third-order valence-corrected chi connectivity index (χ3v) is 6.32. The summed E-state index contributed by atoms with van der Waals surface area (Å²) in [5, 5.41) is 2.91. The van der Waals surface area contributed by atoms with Gasteiger partial charge in [0.05, 0.1) is 15.0 Å². The van der Waals surface area contributed by atoms with Crippen LogP contribution in [0.4, 0.5) is 4.79 Å². The number of hydrogen-bond donors (Lipinski definition) is 1. The van der Waals surface area contributed by atoms with E-state index in [1.807, 2.05) is 6.07 Å². The standard InChI is InChI=1S/C21H16Cl2N2O5S/c22-13-5-3-4-12(18(13)23)10-17-20(27)25(21(28)31-17)9-8-24-19(26)16-11-29-14-6-1-2-7-15(14)30-16/h1-7,10,16H,8-9,11H2,(H,24,26). The van der Waals surface area contributed by atoms with Gasteiger partial charge in [-0.2, -0.15) is 0 Å². The average molecular weight is 479 g/mol. The van der Waals surface area contributed by atoms with Gasteiger partial charge in [-0.1, -0.05) is 47.5 Å². The molecule has 2 aromatic carbocycles. The van der Waals surface area contributed by atoms with Gasteiger partial charge in [-0.3, -0.25) is 19.3 Å². The van der Waals surface area contributed by atoms with Crippen LogP contribution in [0.15, 0.2) is 47.4 Å². The van der Waals surface area contributed by atoms with E-state index in [9.17, 15) is 14.4 Å². The monoisotopic (exact) mass is 478 g/mol. The van der Waals surface area contributed by atoms with E-state index in [1.165, 1.54) is 6.08 Å². The second-order valence-corrected chi connectivity index (χ2v) is 8.41. The second-order valence-electron chi connectivity index (χ2n) is 6.63. The Morgan fingerprint density at radius 3 is 2.74 bits per heavy atom. The van der Waals surface area contributed by atoms with E-state index < -0.39 is 17.3 Å². The van der Waals surface area contributed by atoms with Crippen molar-refractivity contribution in [3.05, 3.63) is 63.0 Å². The van der Waals surface area contributed by atoms with E-state index in [1.54, 1.807) is 36.4 Å². The minimum Gasteiger partial charge on any atom is -0.485 e. The van der Waals surface area contributed by atoms with Crippen LogP contribution in [0.1, 0.15) is 5.56 Å². The lowest BCUT2D eigenvalue weighted by Crippen LogP contribution is -2.46. The van der Waals surface area contributed by atoms with Crippen molar-refractivity contribution in [2.45, 2.75) is 6.10 Å². The maximum atomic E-state index is 12.6. The molecule has 4 rings (SSSR count). The molecule has 2 heterocycles. The molecule has 1 atom stereocenters. The Bertz CT molecular complexity index is 1090. The number of amides is 3. The minimum atomic E-state index is -0.810. The fourth-order valence-electron chi connectivity index (χ4n) is 3.02. The van der Waals surface area contributed by atoms with Gasteiger partial charge in [-0.05, 0) is 41.6 Å². The summed E-state index contributed by atoms with van der Waals surface area (Å²) >= 11 is 13.0. The van der Waals surface area contributed by atoms with E-state index in [0.717, 1.165) is 16.7 Å². The van der Waals surface area contributed by atoms with Crippen molar-refractivity contribution in [2.24, 2.45) is 0 Å². The van der Waals surface area contributed by atoms with E-state index >= 15 is 0 Å². The van der Waals surface area contributed by atoms with Gasteiger partial charge in [0.2, 0.25) is 6.10 Å². The Kier molecular flexibility index (Phi) is 6.41. The third-order valence-electron chi connectivity index (χ3n) is 4.58. The largest absolute Gasteiger partial charge is 0.485 e. The van der Waals surface area contributed by atoms with Crippen molar-refractivity contribution in [3.8, 4) is 11.5 Å². The summed E-state index contributed by atoms with van der Waals surface area (Å²) in [5.41, 5.74) is 0.544. The van der Waals surface area contributed by atoms with Crippen LogP contribution in [0.25, 0.3) is 6.08 Å². The lowest BCUT2D eigenvalue weighted by atomic mass is 10.2. The van der Waals surface area contributed by atoms with Crippen LogP contribution in [-0.2, 0) is 9.59 Å². The van der Waals surface area contributed by atoms with Crippen LogP contribution < -0.4 is 14.8 Å². The molecule has 31 heavy (non-hydrogen) atoms. The number of hydrogen-bond acceptors (Lipinski definition) is 6. The van der Waals surface area contributed by atoms with E-state index in [-0.39, 0.29) is 30.5 Å². The van der Waals surface area contributed by atoms with Crippen molar-refractivity contribution >= 4 is 58.1 Å². The summed E-state index contributed by atoms with van der Waals surface area (Å²) in [5.74, 6) is 0.231. The SMILES string of the molecule is O=C(NCCN1C(=O)SC(=Cc2cccc(Cl)c2Cl)C1=O)C1COc2ccccc2O1. The number of ether oxygens (including phenoxy) is 2. The van der Waals surface area contributed by atoms with Crippen LogP contribution in [0.2, 0.25) is 10.0 Å². The van der Waals surface area contributed by atoms with Gasteiger partial charge in [-0.15, -0.1) is 0 Å². The van der Waals surface area contributed by atoms with Crippen LogP contribution >= 0.6 is 35.0 Å². The van der Waals surface area contributed by atoms with Crippen molar-refractivity contribution in [3.63, 3.8) is 0 Å². The van der Waals surface area contributed by atoms with Crippen molar-refractivity contribution < 1.29 is 23.9 Å². The summed E-state index contributed by atoms with van der Waals surface area (Å²) in [6.07, 6.45) is 0.720. The first-order chi connectivity index (χ1) is 14.9. The highest BCUT2D eigenvalue weighted by molar-refractivity contribution is 8.18. The van der Waals surface area contributed by atoms with Gasteiger partial charge in [0.1, 0.15) is 6.61 Å². The highest BCUT2D eigenvalue weighted by atomic mass is 35.5. The zero-order chi connectivity index (χ0) is 22.0. The molecule has 1 unspecified atom stereocenters. The third kappa shape index (κ3) is 4.66. The van der Waals surface area contributed by atoms with Crippen LogP contribution in [-0.4, -0.2) is 47.8 Å². The van der Waals surface area contributed by atoms with E-state index in [0.29, 0.717) is 27.1 Å². The fraction of sp³-hybridized carbons (Fsp3) is 0.190. The molecule has 1 N–H and O–H groups in total. The Morgan fingerprint density at radius 2 is 1.94 bits per heavy atom. The number of nitrogens with one attached hydrogen (secondary N) is 1. The Hall–Kier alpha value is -2.68. The van der Waals surface area contributed by atoms with Gasteiger partial charge in [0, 0.05) is 13.1 Å². The lowest BCUT2D eigenvalue weighted by Gasteiger charge is -2.25. The predicted molar refractivity (Wildman–Crippen MR) is 119 cm³/mol. The van der Waals surface area contributed by atoms with Crippen molar-refractivity contribution in [1.29, 1.82) is 0 Å². The van der Waals surface area contributed by atoms with Crippen LogP contribution in [0.5, 0.6) is 11.5 Å². The van der Waals surface area contributed by atoms with E-state index in [2.05, 4.69) is 5.32 Å². The molecule has 7 nitrogen and oxygen atoms in total. The first kappa shape index (κ1) is 21.5.